The summed E-state index contributed by atoms with van der Waals surface area (Å²) in [6.45, 7) is 2.03. The highest BCUT2D eigenvalue weighted by molar-refractivity contribution is 7.98. The molecule has 0 aliphatic rings. The number of amides is 1. The first kappa shape index (κ1) is 21.3. The summed E-state index contributed by atoms with van der Waals surface area (Å²) in [6, 6.07) is 18.2. The first-order valence-corrected chi connectivity index (χ1v) is 10.1. The van der Waals surface area contributed by atoms with Gasteiger partial charge in [0.05, 0.1) is 11.3 Å². The third kappa shape index (κ3) is 5.78. The molecule has 0 unspecified atom stereocenters. The number of hydrogen-bond acceptors (Lipinski definition) is 2. The lowest BCUT2D eigenvalue weighted by molar-refractivity contribution is -0.136. The monoisotopic (exact) mass is 435 g/mol. The van der Waals surface area contributed by atoms with Gasteiger partial charge in [-0.15, -0.1) is 11.8 Å². The molecule has 150 valence electrons. The van der Waals surface area contributed by atoms with E-state index in [9.17, 15) is 18.0 Å². The van der Waals surface area contributed by atoms with E-state index in [1.54, 1.807) is 36.0 Å². The van der Waals surface area contributed by atoms with Crippen molar-refractivity contribution in [2.24, 2.45) is 0 Å². The molecule has 0 spiro atoms. The predicted molar refractivity (Wildman–Crippen MR) is 112 cm³/mol. The number of anilines is 1. The van der Waals surface area contributed by atoms with Gasteiger partial charge < -0.3 is 5.32 Å². The molecule has 29 heavy (non-hydrogen) atoms. The van der Waals surface area contributed by atoms with Crippen molar-refractivity contribution in [2.45, 2.75) is 23.7 Å². The molecule has 0 bridgehead atoms. The number of aryl methyl sites for hydroxylation is 1. The summed E-state index contributed by atoms with van der Waals surface area (Å²) in [5.74, 6) is 0.107. The lowest BCUT2D eigenvalue weighted by Crippen LogP contribution is -2.16. The summed E-state index contributed by atoms with van der Waals surface area (Å²) in [4.78, 5) is 13.5. The summed E-state index contributed by atoms with van der Waals surface area (Å²) >= 11 is 7.33. The fourth-order valence-electron chi connectivity index (χ4n) is 2.61. The maximum atomic E-state index is 13.2. The van der Waals surface area contributed by atoms with E-state index in [1.165, 1.54) is 11.6 Å². The number of nitrogens with one attached hydrogen (secondary N) is 1. The molecular formula is C22H17ClF3NOS. The van der Waals surface area contributed by atoms with Crippen LogP contribution in [0.25, 0.3) is 0 Å². The van der Waals surface area contributed by atoms with Crippen LogP contribution in [0.3, 0.4) is 0 Å². The standard InChI is InChI=1S/C22H17ClF3NOS/c1-14-2-9-18(10-3-14)29-13-15-4-6-16(7-5-15)21(28)27-20-11-8-17(23)12-19(20)22(24,25)26/h2-12H,13H2,1H3,(H,27,28). The Labute approximate surface area is 176 Å². The van der Waals surface area contributed by atoms with Crippen molar-refractivity contribution in [3.05, 3.63) is 94.0 Å². The largest absolute Gasteiger partial charge is 0.418 e. The van der Waals surface area contributed by atoms with Gasteiger partial charge in [0.25, 0.3) is 5.91 Å². The summed E-state index contributed by atoms with van der Waals surface area (Å²) in [7, 11) is 0. The maximum absolute atomic E-state index is 13.2. The highest BCUT2D eigenvalue weighted by Gasteiger charge is 2.34. The van der Waals surface area contributed by atoms with E-state index in [4.69, 9.17) is 11.6 Å². The lowest BCUT2D eigenvalue weighted by Gasteiger charge is -2.14. The minimum Gasteiger partial charge on any atom is -0.321 e. The van der Waals surface area contributed by atoms with E-state index in [2.05, 4.69) is 5.32 Å². The second-order valence-electron chi connectivity index (χ2n) is 6.44. The van der Waals surface area contributed by atoms with Crippen LogP contribution >= 0.6 is 23.4 Å². The number of thioether (sulfide) groups is 1. The van der Waals surface area contributed by atoms with Crippen molar-refractivity contribution in [3.63, 3.8) is 0 Å². The highest BCUT2D eigenvalue weighted by atomic mass is 35.5. The zero-order valence-electron chi connectivity index (χ0n) is 15.4. The van der Waals surface area contributed by atoms with E-state index in [0.717, 1.165) is 28.3 Å². The molecule has 0 radical (unpaired) electrons. The molecule has 3 rings (SSSR count). The molecular weight excluding hydrogens is 419 g/mol. The number of hydrogen-bond donors (Lipinski definition) is 1. The molecule has 7 heteroatoms. The van der Waals surface area contributed by atoms with Gasteiger partial charge in [-0.3, -0.25) is 4.79 Å². The number of benzene rings is 3. The van der Waals surface area contributed by atoms with Crippen LogP contribution in [-0.2, 0) is 11.9 Å². The van der Waals surface area contributed by atoms with Gasteiger partial charge in [-0.05, 0) is 55.0 Å². The number of alkyl halides is 3. The molecule has 0 heterocycles. The van der Waals surface area contributed by atoms with Crippen LogP contribution in [-0.4, -0.2) is 5.91 Å². The first-order valence-electron chi connectivity index (χ1n) is 8.69. The minimum atomic E-state index is -4.62. The van der Waals surface area contributed by atoms with E-state index < -0.39 is 17.6 Å². The molecule has 0 aromatic heterocycles. The Hall–Kier alpha value is -2.44. The van der Waals surface area contributed by atoms with Gasteiger partial charge in [0.1, 0.15) is 0 Å². The lowest BCUT2D eigenvalue weighted by atomic mass is 10.1. The molecule has 1 N–H and O–H groups in total. The van der Waals surface area contributed by atoms with Gasteiger partial charge in [0.15, 0.2) is 0 Å². The molecule has 0 atom stereocenters. The van der Waals surface area contributed by atoms with Gasteiger partial charge in [0.2, 0.25) is 0 Å². The second-order valence-corrected chi connectivity index (χ2v) is 7.93. The van der Waals surface area contributed by atoms with Crippen molar-refractivity contribution in [3.8, 4) is 0 Å². The molecule has 0 fully saturated rings. The number of carbonyl (C=O) groups is 1. The van der Waals surface area contributed by atoms with Crippen molar-refractivity contribution >= 4 is 35.0 Å². The Morgan fingerprint density at radius 3 is 2.28 bits per heavy atom. The van der Waals surface area contributed by atoms with Crippen LogP contribution < -0.4 is 5.32 Å². The summed E-state index contributed by atoms with van der Waals surface area (Å²) in [5.41, 5.74) is 1.17. The van der Waals surface area contributed by atoms with E-state index in [1.807, 2.05) is 31.2 Å². The first-order chi connectivity index (χ1) is 13.7. The predicted octanol–water partition coefficient (Wildman–Crippen LogP) is 7.21. The quantitative estimate of drug-likeness (QED) is 0.429. The van der Waals surface area contributed by atoms with Gasteiger partial charge >= 0.3 is 6.18 Å². The van der Waals surface area contributed by atoms with Crippen LogP contribution in [0.2, 0.25) is 5.02 Å². The molecule has 3 aromatic rings. The van der Waals surface area contributed by atoms with Crippen LogP contribution in [0.1, 0.15) is 27.0 Å². The zero-order chi connectivity index (χ0) is 21.0. The summed E-state index contributed by atoms with van der Waals surface area (Å²) < 4.78 is 39.5. The van der Waals surface area contributed by atoms with Crippen molar-refractivity contribution < 1.29 is 18.0 Å². The van der Waals surface area contributed by atoms with Crippen molar-refractivity contribution in [1.82, 2.24) is 0 Å². The fourth-order valence-corrected chi connectivity index (χ4v) is 3.63. The zero-order valence-corrected chi connectivity index (χ0v) is 17.0. The van der Waals surface area contributed by atoms with Crippen molar-refractivity contribution in [2.75, 3.05) is 5.32 Å². The van der Waals surface area contributed by atoms with Gasteiger partial charge in [-0.2, -0.15) is 13.2 Å². The summed E-state index contributed by atoms with van der Waals surface area (Å²) in [5, 5.41) is 2.27. The molecule has 0 aliphatic heterocycles. The average molecular weight is 436 g/mol. The van der Waals surface area contributed by atoms with E-state index >= 15 is 0 Å². The smallest absolute Gasteiger partial charge is 0.321 e. The third-order valence-corrected chi connectivity index (χ3v) is 5.50. The molecule has 1 amide bonds. The Morgan fingerprint density at radius 2 is 1.66 bits per heavy atom. The van der Waals surface area contributed by atoms with Crippen LogP contribution in [0.15, 0.2) is 71.6 Å². The second kappa shape index (κ2) is 8.93. The molecule has 0 saturated carbocycles. The fraction of sp³-hybridized carbons (Fsp3) is 0.136. The molecule has 3 aromatic carbocycles. The van der Waals surface area contributed by atoms with Gasteiger partial charge in [-0.1, -0.05) is 41.4 Å². The third-order valence-electron chi connectivity index (χ3n) is 4.18. The number of rotatable bonds is 5. The Balaban J connectivity index is 1.67. The van der Waals surface area contributed by atoms with Crippen LogP contribution in [0, 0.1) is 6.92 Å². The van der Waals surface area contributed by atoms with Gasteiger partial charge in [0, 0.05) is 21.2 Å². The Morgan fingerprint density at radius 1 is 1.00 bits per heavy atom. The van der Waals surface area contributed by atoms with Crippen LogP contribution in [0.5, 0.6) is 0 Å². The van der Waals surface area contributed by atoms with Crippen molar-refractivity contribution in [1.29, 1.82) is 0 Å². The molecule has 0 aliphatic carbocycles. The number of carbonyl (C=O) groups excluding carboxylic acids is 1. The maximum Gasteiger partial charge on any atom is 0.418 e. The molecule has 2 nitrogen and oxygen atoms in total. The highest BCUT2D eigenvalue weighted by Crippen LogP contribution is 2.36. The average Bonchev–Trinajstić information content (AvgIpc) is 2.68. The van der Waals surface area contributed by atoms with E-state index in [0.29, 0.717) is 0 Å². The van der Waals surface area contributed by atoms with E-state index in [-0.39, 0.29) is 16.3 Å². The Kier molecular flexibility index (Phi) is 6.55. The summed E-state index contributed by atoms with van der Waals surface area (Å²) in [6.07, 6.45) is -4.62. The minimum absolute atomic E-state index is 0.0502. The van der Waals surface area contributed by atoms with Gasteiger partial charge in [-0.25, -0.2) is 0 Å². The molecule has 0 saturated heterocycles. The van der Waals surface area contributed by atoms with Crippen LogP contribution in [0.4, 0.5) is 18.9 Å². The number of halogens is 4. The Bertz CT molecular complexity index is 1000. The SMILES string of the molecule is Cc1ccc(SCc2ccc(C(=O)Nc3ccc(Cl)cc3C(F)(F)F)cc2)cc1. The topological polar surface area (TPSA) is 29.1 Å². The normalized spacial score (nSPS) is 11.3.